The number of benzene rings is 2. The van der Waals surface area contributed by atoms with E-state index in [1.807, 2.05) is 0 Å². The number of halogens is 1. The van der Waals surface area contributed by atoms with Crippen LogP contribution in [0.1, 0.15) is 68.8 Å². The number of aromatic nitrogens is 1. The van der Waals surface area contributed by atoms with Crippen LogP contribution in [0.2, 0.25) is 5.02 Å². The van der Waals surface area contributed by atoms with Gasteiger partial charge in [0.1, 0.15) is 11.8 Å². The van der Waals surface area contributed by atoms with E-state index in [0.717, 1.165) is 13.1 Å². The lowest BCUT2D eigenvalue weighted by Crippen LogP contribution is -2.37. The first-order valence-corrected chi connectivity index (χ1v) is 12.6. The van der Waals surface area contributed by atoms with Crippen molar-refractivity contribution < 1.29 is 9.15 Å². The van der Waals surface area contributed by atoms with E-state index in [1.165, 1.54) is 30.4 Å². The Morgan fingerprint density at radius 2 is 1.77 bits per heavy atom. The molecule has 0 bridgehead atoms. The number of nitrogens with zero attached hydrogens (tertiary/aromatic N) is 3. The second-order valence-electron chi connectivity index (χ2n) is 10.0. The summed E-state index contributed by atoms with van der Waals surface area (Å²) in [5.41, 5.74) is 2.93. The van der Waals surface area contributed by atoms with Crippen molar-refractivity contribution in [3.63, 3.8) is 0 Å². The fourth-order valence-corrected chi connectivity index (χ4v) is 4.51. The van der Waals surface area contributed by atoms with E-state index in [2.05, 4.69) is 66.3 Å². The monoisotopic (exact) mass is 492 g/mol. The number of hydrogen-bond acceptors (Lipinski definition) is 6. The number of piperidine rings is 1. The van der Waals surface area contributed by atoms with Crippen LogP contribution in [-0.2, 0) is 12.0 Å². The fourth-order valence-electron chi connectivity index (χ4n) is 4.38. The normalized spacial score (nSPS) is 15.4. The summed E-state index contributed by atoms with van der Waals surface area (Å²) in [6.07, 6.45) is 3.68. The predicted molar refractivity (Wildman–Crippen MR) is 139 cm³/mol. The second-order valence-corrected chi connectivity index (χ2v) is 10.4. The largest absolute Gasteiger partial charge is 0.484 e. The molecule has 1 atom stereocenters. The Balaban J connectivity index is 1.47. The summed E-state index contributed by atoms with van der Waals surface area (Å²) in [5.74, 6) is 1.39. The second kappa shape index (κ2) is 11.2. The highest BCUT2D eigenvalue weighted by atomic mass is 35.5. The maximum absolute atomic E-state index is 9.61. The van der Waals surface area contributed by atoms with Crippen molar-refractivity contribution in [1.82, 2.24) is 9.88 Å². The number of likely N-dealkylation sites (tertiary alicyclic amines) is 1. The first-order chi connectivity index (χ1) is 16.8. The van der Waals surface area contributed by atoms with Gasteiger partial charge < -0.3 is 14.5 Å². The van der Waals surface area contributed by atoms with Crippen molar-refractivity contribution in [3.8, 4) is 11.8 Å². The topological polar surface area (TPSA) is 74.3 Å². The Hall–Kier alpha value is -3.01. The van der Waals surface area contributed by atoms with Crippen LogP contribution >= 0.6 is 11.6 Å². The molecular formula is C28H33ClN4O2. The quantitative estimate of drug-likeness (QED) is 0.376. The van der Waals surface area contributed by atoms with Crippen LogP contribution in [0.15, 0.2) is 52.9 Å². The number of rotatable bonds is 8. The van der Waals surface area contributed by atoms with Gasteiger partial charge in [-0.3, -0.25) is 4.90 Å². The number of anilines is 1. The Kier molecular flexibility index (Phi) is 8.00. The third kappa shape index (κ3) is 6.56. The molecule has 184 valence electrons. The summed E-state index contributed by atoms with van der Waals surface area (Å²) < 4.78 is 11.6. The maximum Gasteiger partial charge on any atom is 0.236 e. The molecule has 0 aliphatic carbocycles. The van der Waals surface area contributed by atoms with Crippen molar-refractivity contribution in [2.75, 3.05) is 25.0 Å². The minimum atomic E-state index is 0.115. The third-order valence-corrected chi connectivity index (χ3v) is 6.65. The van der Waals surface area contributed by atoms with E-state index in [9.17, 15) is 5.26 Å². The highest BCUT2D eigenvalue weighted by Crippen LogP contribution is 2.29. The maximum atomic E-state index is 9.61. The first-order valence-electron chi connectivity index (χ1n) is 12.2. The first kappa shape index (κ1) is 25.1. The van der Waals surface area contributed by atoms with Crippen molar-refractivity contribution in [2.24, 2.45) is 0 Å². The summed E-state index contributed by atoms with van der Waals surface area (Å²) in [6.45, 7) is 9.57. The van der Waals surface area contributed by atoms with E-state index in [0.29, 0.717) is 29.1 Å². The molecule has 1 fully saturated rings. The molecule has 1 aliphatic heterocycles. The molecule has 4 rings (SSSR count). The van der Waals surface area contributed by atoms with Gasteiger partial charge in [-0.15, -0.1) is 0 Å². The van der Waals surface area contributed by atoms with Crippen molar-refractivity contribution in [1.29, 1.82) is 5.26 Å². The van der Waals surface area contributed by atoms with Gasteiger partial charge in [0.15, 0.2) is 6.61 Å². The van der Waals surface area contributed by atoms with Gasteiger partial charge in [0.25, 0.3) is 0 Å². The molecule has 2 aromatic carbocycles. The Morgan fingerprint density at radius 3 is 2.40 bits per heavy atom. The molecule has 1 aliphatic rings. The summed E-state index contributed by atoms with van der Waals surface area (Å²) in [4.78, 5) is 6.83. The molecule has 1 N–H and O–H groups in total. The number of oxazole rings is 1. The molecule has 0 amide bonds. The summed E-state index contributed by atoms with van der Waals surface area (Å²) in [7, 11) is 0. The summed E-state index contributed by atoms with van der Waals surface area (Å²) in [6, 6.07) is 18.3. The van der Waals surface area contributed by atoms with Crippen LogP contribution < -0.4 is 10.1 Å². The number of hydrogen-bond donors (Lipinski definition) is 1. The van der Waals surface area contributed by atoms with E-state index < -0.39 is 0 Å². The number of nitrogens with one attached hydrogen (secondary N) is 1. The van der Waals surface area contributed by atoms with Gasteiger partial charge in [-0.2, -0.15) is 10.2 Å². The molecule has 0 saturated carbocycles. The van der Waals surface area contributed by atoms with Gasteiger partial charge >= 0.3 is 0 Å². The number of ether oxygens (including phenoxy) is 1. The lowest BCUT2D eigenvalue weighted by Gasteiger charge is -2.35. The van der Waals surface area contributed by atoms with E-state index in [4.69, 9.17) is 20.8 Å². The zero-order valence-corrected chi connectivity index (χ0v) is 21.4. The molecular weight excluding hydrogens is 460 g/mol. The molecule has 35 heavy (non-hydrogen) atoms. The molecule has 3 aromatic rings. The van der Waals surface area contributed by atoms with Crippen LogP contribution in [0, 0.1) is 11.3 Å². The zero-order valence-electron chi connectivity index (χ0n) is 20.7. The predicted octanol–water partition coefficient (Wildman–Crippen LogP) is 6.72. The van der Waals surface area contributed by atoms with Gasteiger partial charge in [0.2, 0.25) is 17.5 Å². The molecule has 0 radical (unpaired) electrons. The lowest BCUT2D eigenvalue weighted by atomic mass is 9.86. The van der Waals surface area contributed by atoms with Crippen molar-refractivity contribution >= 4 is 17.5 Å². The molecule has 2 heterocycles. The van der Waals surface area contributed by atoms with Gasteiger partial charge in [-0.25, -0.2) is 0 Å². The lowest BCUT2D eigenvalue weighted by molar-refractivity contribution is 0.170. The average Bonchev–Trinajstić information content (AvgIpc) is 3.26. The molecule has 1 aromatic heterocycles. The molecule has 7 heteroatoms. The SMILES string of the molecule is CC(C)(C)c1ccc([C@H](CNc2oc(COc3ccc(Cl)cc3)nc2C#N)N2CCCCC2)cc1. The van der Waals surface area contributed by atoms with Crippen LogP contribution in [0.5, 0.6) is 5.75 Å². The Labute approximate surface area is 212 Å². The minimum Gasteiger partial charge on any atom is -0.484 e. The van der Waals surface area contributed by atoms with Gasteiger partial charge in [-0.05, 0) is 66.7 Å². The van der Waals surface area contributed by atoms with Crippen LogP contribution in [0.4, 0.5) is 5.88 Å². The fraction of sp³-hybridized carbons (Fsp3) is 0.429. The summed E-state index contributed by atoms with van der Waals surface area (Å²) >= 11 is 5.93. The number of nitriles is 1. The smallest absolute Gasteiger partial charge is 0.236 e. The van der Waals surface area contributed by atoms with Crippen LogP contribution in [-0.4, -0.2) is 29.5 Å². The third-order valence-electron chi connectivity index (χ3n) is 6.40. The zero-order chi connectivity index (χ0) is 24.8. The average molecular weight is 493 g/mol. The highest BCUT2D eigenvalue weighted by molar-refractivity contribution is 6.30. The highest BCUT2D eigenvalue weighted by Gasteiger charge is 2.24. The van der Waals surface area contributed by atoms with Gasteiger partial charge in [0, 0.05) is 11.6 Å². The molecule has 6 nitrogen and oxygen atoms in total. The Bertz CT molecular complexity index is 1140. The summed E-state index contributed by atoms with van der Waals surface area (Å²) in [5, 5.41) is 13.6. The Morgan fingerprint density at radius 1 is 1.09 bits per heavy atom. The molecule has 0 unspecified atom stereocenters. The minimum absolute atomic E-state index is 0.115. The molecule has 1 saturated heterocycles. The van der Waals surface area contributed by atoms with E-state index >= 15 is 0 Å². The van der Waals surface area contributed by atoms with Gasteiger partial charge in [0.05, 0.1) is 6.04 Å². The van der Waals surface area contributed by atoms with Crippen molar-refractivity contribution in [2.45, 2.75) is 58.1 Å². The standard InChI is InChI=1S/C28H33ClN4O2/c1-28(2,3)21-9-7-20(8-10-21)25(33-15-5-4-6-16-33)18-31-27-24(17-30)32-26(35-27)19-34-23-13-11-22(29)12-14-23/h7-14,25,31H,4-6,15-16,18-19H2,1-3H3/t25-/m0/s1. The van der Waals surface area contributed by atoms with Crippen molar-refractivity contribution in [3.05, 3.63) is 76.3 Å². The van der Waals surface area contributed by atoms with Crippen LogP contribution in [0.3, 0.4) is 0 Å². The van der Waals surface area contributed by atoms with Crippen LogP contribution in [0.25, 0.3) is 0 Å². The van der Waals surface area contributed by atoms with Gasteiger partial charge in [-0.1, -0.05) is 63.1 Å². The molecule has 0 spiro atoms. The van der Waals surface area contributed by atoms with E-state index in [1.54, 1.807) is 24.3 Å². The van der Waals surface area contributed by atoms with E-state index in [-0.39, 0.29) is 23.8 Å².